The molecule has 3 rings (SSSR count). The molecule has 1 aromatic heterocycles. The Morgan fingerprint density at radius 3 is 2.12 bits per heavy atom. The number of pyridine rings is 1. The van der Waals surface area contributed by atoms with Crippen LogP contribution in [-0.4, -0.2) is 25.0 Å². The highest BCUT2D eigenvalue weighted by molar-refractivity contribution is 5.86. The first-order chi connectivity index (χ1) is 15.9. The fourth-order valence-corrected chi connectivity index (χ4v) is 3.26. The molecule has 0 aliphatic rings. The lowest BCUT2D eigenvalue weighted by atomic mass is 10.1. The van der Waals surface area contributed by atoms with Crippen LogP contribution in [0.1, 0.15) is 24.8 Å². The molecule has 0 bridgehead atoms. The Morgan fingerprint density at radius 1 is 0.844 bits per heavy atom. The van der Waals surface area contributed by atoms with Gasteiger partial charge in [-0.15, -0.1) is 0 Å². The van der Waals surface area contributed by atoms with Gasteiger partial charge < -0.3 is 9.84 Å². The van der Waals surface area contributed by atoms with Crippen LogP contribution in [0.4, 0.5) is 0 Å². The number of aliphatic hydroxyl groups is 1. The summed E-state index contributed by atoms with van der Waals surface area (Å²) in [6.45, 7) is 1.75. The van der Waals surface area contributed by atoms with Crippen LogP contribution in [-0.2, 0) is 11.3 Å². The average molecular weight is 431 g/mol. The van der Waals surface area contributed by atoms with E-state index in [1.54, 1.807) is 12.5 Å². The van der Waals surface area contributed by atoms with Crippen LogP contribution >= 0.6 is 0 Å². The summed E-state index contributed by atoms with van der Waals surface area (Å²) in [5, 5.41) is 12.6. The zero-order valence-corrected chi connectivity index (χ0v) is 18.8. The predicted octanol–water partition coefficient (Wildman–Crippen LogP) is 3.86. The van der Waals surface area contributed by atoms with Crippen LogP contribution in [0.15, 0.2) is 104 Å². The van der Waals surface area contributed by atoms with Crippen LogP contribution in [0.5, 0.6) is 0 Å². The monoisotopic (exact) mass is 430 g/mol. The predicted molar refractivity (Wildman–Crippen MR) is 132 cm³/mol. The minimum absolute atomic E-state index is 0.725. The topological polar surface area (TPSA) is 58.9 Å². The van der Waals surface area contributed by atoms with Crippen molar-refractivity contribution in [3.8, 4) is 11.1 Å². The Hall–Kier alpha value is -3.50. The van der Waals surface area contributed by atoms with Crippen molar-refractivity contribution in [1.82, 2.24) is 0 Å². The van der Waals surface area contributed by atoms with E-state index in [4.69, 9.17) is 15.3 Å². The summed E-state index contributed by atoms with van der Waals surface area (Å²) in [6.07, 6.45) is 14.8. The number of benzene rings is 2. The van der Waals surface area contributed by atoms with Gasteiger partial charge in [0.2, 0.25) is 0 Å². The van der Waals surface area contributed by atoms with E-state index in [0.717, 1.165) is 50.7 Å². The molecule has 0 spiro atoms. The summed E-state index contributed by atoms with van der Waals surface area (Å²) in [6, 6.07) is 25.0. The quantitative estimate of drug-likeness (QED) is 0.160. The maximum Gasteiger partial charge on any atom is 0.169 e. The fraction of sp³-hybridized carbons (Fsp3) is 0.214. The van der Waals surface area contributed by atoms with Crippen molar-refractivity contribution in [2.24, 2.45) is 0 Å². The van der Waals surface area contributed by atoms with Crippen molar-refractivity contribution < 1.29 is 19.8 Å². The Kier molecular flexibility index (Phi) is 11.9. The molecule has 0 atom stereocenters. The number of unbranched alkanes of at least 4 members (excludes halogenated alkanes) is 2. The minimum Gasteiger partial charge on any atom is -0.501 e. The first-order valence-corrected chi connectivity index (χ1v) is 10.9. The number of ether oxygens (including phenoxy) is 1. The third kappa shape index (κ3) is 8.70. The number of hydrogen-bond donors (Lipinski definition) is 2. The SMILES string of the molecule is CO.[NH2+]=C/C=C(\C=C/OCCCCC[n+]1ccc(-c2ccccc2)cc1)c1ccccc1. The molecule has 32 heavy (non-hydrogen) atoms. The number of aryl methyl sites for hydroxylation is 1. The molecule has 4 nitrogen and oxygen atoms in total. The van der Waals surface area contributed by atoms with Crippen molar-refractivity contribution >= 4 is 11.8 Å². The Balaban J connectivity index is 0.00000176. The molecule has 0 aliphatic heterocycles. The van der Waals surface area contributed by atoms with Gasteiger partial charge in [0.15, 0.2) is 18.6 Å². The van der Waals surface area contributed by atoms with Crippen LogP contribution < -0.4 is 9.98 Å². The van der Waals surface area contributed by atoms with Gasteiger partial charge in [-0.25, -0.2) is 4.57 Å². The van der Waals surface area contributed by atoms with Crippen LogP contribution in [0.2, 0.25) is 0 Å². The molecule has 0 saturated heterocycles. The first-order valence-electron chi connectivity index (χ1n) is 10.9. The van der Waals surface area contributed by atoms with E-state index in [0.29, 0.717) is 0 Å². The van der Waals surface area contributed by atoms with E-state index in [1.807, 2.05) is 36.4 Å². The normalized spacial score (nSPS) is 11.0. The highest BCUT2D eigenvalue weighted by Gasteiger charge is 2.02. The van der Waals surface area contributed by atoms with Gasteiger partial charge in [0, 0.05) is 31.7 Å². The third-order valence-electron chi connectivity index (χ3n) is 4.90. The molecular weight excluding hydrogens is 396 g/mol. The number of rotatable bonds is 11. The van der Waals surface area contributed by atoms with Gasteiger partial charge in [0.1, 0.15) is 6.54 Å². The van der Waals surface area contributed by atoms with Crippen molar-refractivity contribution in [3.05, 3.63) is 109 Å². The van der Waals surface area contributed by atoms with Gasteiger partial charge in [0.25, 0.3) is 0 Å². The molecule has 3 N–H and O–H groups in total. The molecule has 166 valence electrons. The molecule has 2 aromatic carbocycles. The van der Waals surface area contributed by atoms with E-state index in [1.165, 1.54) is 11.1 Å². The minimum atomic E-state index is 0.725. The van der Waals surface area contributed by atoms with Crippen molar-refractivity contribution in [1.29, 1.82) is 0 Å². The second kappa shape index (κ2) is 15.3. The number of nitrogens with two attached hydrogens (primary N) is 1. The second-order valence-electron chi connectivity index (χ2n) is 7.11. The van der Waals surface area contributed by atoms with Gasteiger partial charge in [-0.1, -0.05) is 60.7 Å². The highest BCUT2D eigenvalue weighted by atomic mass is 16.5. The maximum atomic E-state index is 7.00. The number of nitrogens with zero attached hydrogens (tertiary/aromatic N) is 1. The van der Waals surface area contributed by atoms with E-state index in [9.17, 15) is 0 Å². The lowest BCUT2D eigenvalue weighted by Crippen LogP contribution is -2.32. The highest BCUT2D eigenvalue weighted by Crippen LogP contribution is 2.17. The number of hydrogen-bond acceptors (Lipinski definition) is 2. The summed E-state index contributed by atoms with van der Waals surface area (Å²) in [7, 11) is 1.00. The Morgan fingerprint density at radius 2 is 1.47 bits per heavy atom. The summed E-state index contributed by atoms with van der Waals surface area (Å²) < 4.78 is 7.91. The van der Waals surface area contributed by atoms with E-state index >= 15 is 0 Å². The molecule has 0 amide bonds. The Bertz CT molecular complexity index is 950. The van der Waals surface area contributed by atoms with Crippen LogP contribution in [0.3, 0.4) is 0 Å². The molecule has 0 aliphatic carbocycles. The second-order valence-corrected chi connectivity index (χ2v) is 7.11. The fourth-order valence-electron chi connectivity index (χ4n) is 3.26. The molecule has 0 saturated carbocycles. The van der Waals surface area contributed by atoms with Gasteiger partial charge in [-0.3, -0.25) is 5.41 Å². The summed E-state index contributed by atoms with van der Waals surface area (Å²) in [5.41, 5.74) is 4.66. The molecule has 1 heterocycles. The van der Waals surface area contributed by atoms with E-state index < -0.39 is 0 Å². The number of aromatic nitrogens is 1. The van der Waals surface area contributed by atoms with Crippen LogP contribution in [0.25, 0.3) is 16.7 Å². The third-order valence-corrected chi connectivity index (χ3v) is 4.90. The molecule has 3 aromatic rings. The standard InChI is InChI=1S/C27H29N2O.CH4O/c28-18-14-26(24-10-4-1-5-11-24)17-23-30-22-9-3-8-19-29-20-15-27(16-21-29)25-12-6-2-7-13-25;1-2/h1-2,4-7,10-18,20-21,23,28H,3,8-9,19,22H2;2H,1H3/q+1;/p+1/b23-17-,26-14+,28-18?;. The molecular formula is C28H34N2O2+2. The van der Waals surface area contributed by atoms with Gasteiger partial charge >= 0.3 is 0 Å². The average Bonchev–Trinajstić information content (AvgIpc) is 2.87. The number of allylic oxidation sites excluding steroid dienone is 3. The zero-order chi connectivity index (χ0) is 22.9. The van der Waals surface area contributed by atoms with Gasteiger partial charge in [-0.2, -0.15) is 0 Å². The lowest BCUT2D eigenvalue weighted by molar-refractivity contribution is -0.697. The Labute approximate surface area is 191 Å². The summed E-state index contributed by atoms with van der Waals surface area (Å²) in [5.74, 6) is 0. The van der Waals surface area contributed by atoms with Crippen molar-refractivity contribution in [3.63, 3.8) is 0 Å². The zero-order valence-electron chi connectivity index (χ0n) is 18.8. The maximum absolute atomic E-state index is 7.00. The first kappa shape index (κ1) is 24.8. The molecule has 0 radical (unpaired) electrons. The van der Waals surface area contributed by atoms with E-state index in [-0.39, 0.29) is 0 Å². The van der Waals surface area contributed by atoms with Crippen molar-refractivity contribution in [2.45, 2.75) is 25.8 Å². The molecule has 0 unspecified atom stereocenters. The lowest BCUT2D eigenvalue weighted by Gasteiger charge is -2.03. The summed E-state index contributed by atoms with van der Waals surface area (Å²) in [4.78, 5) is 0. The van der Waals surface area contributed by atoms with Gasteiger partial charge in [0.05, 0.1) is 12.9 Å². The molecule has 0 fully saturated rings. The van der Waals surface area contributed by atoms with Gasteiger partial charge in [-0.05, 0) is 41.2 Å². The molecule has 4 heteroatoms. The van der Waals surface area contributed by atoms with E-state index in [2.05, 4.69) is 65.5 Å². The van der Waals surface area contributed by atoms with Crippen molar-refractivity contribution in [2.75, 3.05) is 13.7 Å². The van der Waals surface area contributed by atoms with Crippen LogP contribution in [0, 0.1) is 0 Å². The summed E-state index contributed by atoms with van der Waals surface area (Å²) >= 11 is 0. The smallest absolute Gasteiger partial charge is 0.169 e. The number of aliphatic hydroxyl groups excluding tert-OH is 1. The largest absolute Gasteiger partial charge is 0.501 e.